The first kappa shape index (κ1) is 17.3. The van der Waals surface area contributed by atoms with Gasteiger partial charge in [0, 0.05) is 12.6 Å². The minimum absolute atomic E-state index is 0.0134. The summed E-state index contributed by atoms with van der Waals surface area (Å²) in [4.78, 5) is 25.4. The lowest BCUT2D eigenvalue weighted by Crippen LogP contribution is -2.44. The van der Waals surface area contributed by atoms with Crippen LogP contribution in [0.3, 0.4) is 0 Å². The molecule has 0 radical (unpaired) electrons. The predicted molar refractivity (Wildman–Crippen MR) is 90.2 cm³/mol. The summed E-state index contributed by atoms with van der Waals surface area (Å²) < 4.78 is 0. The number of carbonyl (C=O) groups is 2. The summed E-state index contributed by atoms with van der Waals surface area (Å²) in [6.07, 6.45) is 2.08. The van der Waals surface area contributed by atoms with E-state index in [0.29, 0.717) is 12.6 Å². The monoisotopic (exact) mass is 318 g/mol. The Hall–Kier alpha value is -2.08. The van der Waals surface area contributed by atoms with Gasteiger partial charge in [0.1, 0.15) is 0 Å². The molecule has 6 heteroatoms. The van der Waals surface area contributed by atoms with Gasteiger partial charge in [0.2, 0.25) is 5.91 Å². The third kappa shape index (κ3) is 5.90. The summed E-state index contributed by atoms with van der Waals surface area (Å²) in [6.45, 7) is 2.54. The van der Waals surface area contributed by atoms with E-state index in [0.717, 1.165) is 18.4 Å². The molecule has 3 amide bonds. The number of nitrogens with one attached hydrogen (secondary N) is 3. The Morgan fingerprint density at radius 1 is 1.17 bits per heavy atom. The smallest absolute Gasteiger partial charge is 0.315 e. The van der Waals surface area contributed by atoms with Crippen LogP contribution in [0.4, 0.5) is 4.79 Å². The standard InChI is InChI=1S/C17H26N4O2/c1-12-4-6-13(7-5-12)15(21(2)3)10-18-17(23)19-11-16(22)20-14-8-9-14/h4-7,14-15H,8-11H2,1-3H3,(H,20,22)(H2,18,19,23). The molecule has 1 fully saturated rings. The first-order valence-corrected chi connectivity index (χ1v) is 7.99. The summed E-state index contributed by atoms with van der Waals surface area (Å²) in [5.74, 6) is -0.134. The molecule has 0 spiro atoms. The van der Waals surface area contributed by atoms with Gasteiger partial charge in [-0.2, -0.15) is 0 Å². The molecule has 0 aliphatic heterocycles. The van der Waals surface area contributed by atoms with E-state index in [4.69, 9.17) is 0 Å². The summed E-state index contributed by atoms with van der Waals surface area (Å²) in [6, 6.07) is 8.34. The van der Waals surface area contributed by atoms with Gasteiger partial charge in [-0.05, 0) is 39.4 Å². The van der Waals surface area contributed by atoms with Gasteiger partial charge in [-0.1, -0.05) is 29.8 Å². The molecule has 3 N–H and O–H groups in total. The Morgan fingerprint density at radius 3 is 2.39 bits per heavy atom. The van der Waals surface area contributed by atoms with E-state index < -0.39 is 0 Å². The molecule has 0 saturated heterocycles. The molecule has 6 nitrogen and oxygen atoms in total. The fourth-order valence-electron chi connectivity index (χ4n) is 2.31. The van der Waals surface area contributed by atoms with Crippen LogP contribution in [0.15, 0.2) is 24.3 Å². The van der Waals surface area contributed by atoms with Crippen LogP contribution in [0, 0.1) is 6.92 Å². The molecule has 2 rings (SSSR count). The number of hydrogen-bond donors (Lipinski definition) is 3. The van der Waals surface area contributed by atoms with Crippen molar-refractivity contribution in [1.29, 1.82) is 0 Å². The summed E-state index contributed by atoms with van der Waals surface area (Å²) in [7, 11) is 3.96. The molecule has 1 aromatic carbocycles. The van der Waals surface area contributed by atoms with Crippen molar-refractivity contribution in [3.05, 3.63) is 35.4 Å². The van der Waals surface area contributed by atoms with Gasteiger partial charge >= 0.3 is 6.03 Å². The molecule has 1 aliphatic rings. The molecule has 1 atom stereocenters. The van der Waals surface area contributed by atoms with E-state index in [1.165, 1.54) is 5.56 Å². The minimum Gasteiger partial charge on any atom is -0.352 e. The lowest BCUT2D eigenvalue weighted by atomic mass is 10.0. The average Bonchev–Trinajstić information content (AvgIpc) is 3.31. The highest BCUT2D eigenvalue weighted by atomic mass is 16.2. The Morgan fingerprint density at radius 2 is 1.83 bits per heavy atom. The number of likely N-dealkylation sites (N-methyl/N-ethyl adjacent to an activating group) is 1. The van der Waals surface area contributed by atoms with Crippen LogP contribution in [0.2, 0.25) is 0 Å². The largest absolute Gasteiger partial charge is 0.352 e. The van der Waals surface area contributed by atoms with E-state index in [1.807, 2.05) is 21.0 Å². The van der Waals surface area contributed by atoms with Crippen molar-refractivity contribution in [2.75, 3.05) is 27.2 Å². The Kier molecular flexibility index (Phi) is 5.98. The van der Waals surface area contributed by atoms with Gasteiger partial charge in [-0.25, -0.2) is 4.79 Å². The van der Waals surface area contributed by atoms with Gasteiger partial charge < -0.3 is 20.9 Å². The zero-order valence-corrected chi connectivity index (χ0v) is 14.1. The van der Waals surface area contributed by atoms with Crippen LogP contribution >= 0.6 is 0 Å². The number of amides is 3. The van der Waals surface area contributed by atoms with Crippen LogP contribution in [-0.4, -0.2) is 50.1 Å². The van der Waals surface area contributed by atoms with Crippen molar-refractivity contribution in [3.8, 4) is 0 Å². The minimum atomic E-state index is -0.324. The highest BCUT2D eigenvalue weighted by Gasteiger charge is 2.23. The Balaban J connectivity index is 1.77. The molecule has 0 aromatic heterocycles. The van der Waals surface area contributed by atoms with Gasteiger partial charge in [0.15, 0.2) is 0 Å². The second-order valence-electron chi connectivity index (χ2n) is 6.30. The fourth-order valence-corrected chi connectivity index (χ4v) is 2.31. The third-order valence-electron chi connectivity index (χ3n) is 3.89. The maximum absolute atomic E-state index is 11.8. The SMILES string of the molecule is Cc1ccc(C(CNC(=O)NCC(=O)NC2CC2)N(C)C)cc1. The van der Waals surface area contributed by atoms with Crippen molar-refractivity contribution in [2.45, 2.75) is 31.8 Å². The number of benzene rings is 1. The zero-order valence-electron chi connectivity index (χ0n) is 14.1. The molecule has 0 bridgehead atoms. The summed E-state index contributed by atoms with van der Waals surface area (Å²) >= 11 is 0. The first-order chi connectivity index (χ1) is 11.0. The quantitative estimate of drug-likeness (QED) is 0.707. The van der Waals surface area contributed by atoms with Crippen molar-refractivity contribution in [3.63, 3.8) is 0 Å². The lowest BCUT2D eigenvalue weighted by Gasteiger charge is -2.25. The highest BCUT2D eigenvalue weighted by Crippen LogP contribution is 2.18. The molecular formula is C17H26N4O2. The highest BCUT2D eigenvalue weighted by molar-refractivity contribution is 5.84. The summed E-state index contributed by atoms with van der Waals surface area (Å²) in [5, 5.41) is 8.25. The van der Waals surface area contributed by atoms with Gasteiger partial charge in [0.25, 0.3) is 0 Å². The Bertz CT molecular complexity index is 538. The van der Waals surface area contributed by atoms with Crippen molar-refractivity contribution < 1.29 is 9.59 Å². The second kappa shape index (κ2) is 7.97. The molecule has 126 valence electrons. The maximum Gasteiger partial charge on any atom is 0.315 e. The van der Waals surface area contributed by atoms with E-state index in [-0.39, 0.29) is 24.5 Å². The fraction of sp³-hybridized carbons (Fsp3) is 0.529. The number of nitrogens with zero attached hydrogens (tertiary/aromatic N) is 1. The van der Waals surface area contributed by atoms with E-state index in [9.17, 15) is 9.59 Å². The molecule has 1 aromatic rings. The maximum atomic E-state index is 11.8. The van der Waals surface area contributed by atoms with Crippen LogP contribution in [0.25, 0.3) is 0 Å². The van der Waals surface area contributed by atoms with Crippen LogP contribution in [0.1, 0.15) is 30.0 Å². The third-order valence-corrected chi connectivity index (χ3v) is 3.89. The molecule has 23 heavy (non-hydrogen) atoms. The number of aryl methyl sites for hydroxylation is 1. The van der Waals surface area contributed by atoms with Crippen molar-refractivity contribution in [2.24, 2.45) is 0 Å². The molecule has 1 saturated carbocycles. The zero-order chi connectivity index (χ0) is 16.8. The number of urea groups is 1. The van der Waals surface area contributed by atoms with Crippen LogP contribution < -0.4 is 16.0 Å². The van der Waals surface area contributed by atoms with E-state index >= 15 is 0 Å². The number of hydrogen-bond acceptors (Lipinski definition) is 3. The number of rotatable bonds is 7. The predicted octanol–water partition coefficient (Wildman–Crippen LogP) is 1.18. The molecule has 1 unspecified atom stereocenters. The topological polar surface area (TPSA) is 73.5 Å². The number of carbonyl (C=O) groups excluding carboxylic acids is 2. The molecular weight excluding hydrogens is 292 g/mol. The first-order valence-electron chi connectivity index (χ1n) is 7.99. The van der Waals surface area contributed by atoms with Gasteiger partial charge in [-0.15, -0.1) is 0 Å². The van der Waals surface area contributed by atoms with Crippen molar-refractivity contribution in [1.82, 2.24) is 20.9 Å². The molecule has 0 heterocycles. The average molecular weight is 318 g/mol. The van der Waals surface area contributed by atoms with Gasteiger partial charge in [0.05, 0.1) is 12.6 Å². The van der Waals surface area contributed by atoms with Crippen molar-refractivity contribution >= 4 is 11.9 Å². The lowest BCUT2D eigenvalue weighted by molar-refractivity contribution is -0.120. The Labute approximate surface area is 137 Å². The second-order valence-corrected chi connectivity index (χ2v) is 6.30. The van der Waals surface area contributed by atoms with Gasteiger partial charge in [-0.3, -0.25) is 4.79 Å². The molecule has 1 aliphatic carbocycles. The van der Waals surface area contributed by atoms with E-state index in [2.05, 4.69) is 45.1 Å². The van der Waals surface area contributed by atoms with Crippen LogP contribution in [0.5, 0.6) is 0 Å². The van der Waals surface area contributed by atoms with E-state index in [1.54, 1.807) is 0 Å². The summed E-state index contributed by atoms with van der Waals surface area (Å²) in [5.41, 5.74) is 2.35. The normalized spacial score (nSPS) is 15.1. The van der Waals surface area contributed by atoms with Crippen LogP contribution in [-0.2, 0) is 4.79 Å².